The highest BCUT2D eigenvalue weighted by Gasteiger charge is 2.21. The van der Waals surface area contributed by atoms with Crippen molar-refractivity contribution in [3.8, 4) is 17.4 Å². The molecule has 2 aliphatic heterocycles. The van der Waals surface area contributed by atoms with E-state index in [1.54, 1.807) is 12.2 Å². The van der Waals surface area contributed by atoms with Gasteiger partial charge in [0, 0.05) is 38.3 Å². The van der Waals surface area contributed by atoms with Gasteiger partial charge in [-0.05, 0) is 36.3 Å². The predicted molar refractivity (Wildman–Crippen MR) is 115 cm³/mol. The van der Waals surface area contributed by atoms with E-state index in [0.717, 1.165) is 23.6 Å². The van der Waals surface area contributed by atoms with Crippen LogP contribution >= 0.6 is 12.4 Å². The van der Waals surface area contributed by atoms with Crippen LogP contribution in [0.15, 0.2) is 36.4 Å². The third-order valence-corrected chi connectivity index (χ3v) is 4.81. The van der Waals surface area contributed by atoms with Crippen LogP contribution in [0, 0.1) is 0 Å². The van der Waals surface area contributed by atoms with Gasteiger partial charge in [-0.25, -0.2) is 0 Å². The number of anilines is 1. The number of fused-ring (bicyclic) bond motifs is 1. The fraction of sp³-hybridized carbons (Fsp3) is 0.381. The summed E-state index contributed by atoms with van der Waals surface area (Å²) < 4.78 is 16.1. The normalized spacial score (nSPS) is 15.2. The van der Waals surface area contributed by atoms with E-state index in [9.17, 15) is 4.79 Å². The van der Waals surface area contributed by atoms with Crippen LogP contribution in [0.2, 0.25) is 0 Å². The van der Waals surface area contributed by atoms with Gasteiger partial charge in [0.15, 0.2) is 17.3 Å². The lowest BCUT2D eigenvalue weighted by molar-refractivity contribution is -0.126. The van der Waals surface area contributed by atoms with Gasteiger partial charge >= 0.3 is 0 Å². The minimum atomic E-state index is -0.00304. The Morgan fingerprint density at radius 3 is 2.63 bits per heavy atom. The molecule has 3 heterocycles. The van der Waals surface area contributed by atoms with Crippen molar-refractivity contribution in [3.05, 3.63) is 42.0 Å². The van der Waals surface area contributed by atoms with Gasteiger partial charge in [-0.2, -0.15) is 0 Å². The predicted octanol–water partition coefficient (Wildman–Crippen LogP) is 2.78. The molecule has 0 unspecified atom stereocenters. The Kier molecular flexibility index (Phi) is 7.35. The van der Waals surface area contributed by atoms with Crippen molar-refractivity contribution in [3.63, 3.8) is 0 Å². The van der Waals surface area contributed by atoms with E-state index in [4.69, 9.17) is 14.2 Å². The standard InChI is InChI=1S/C21H24N4O4.ClH/c1-2-13-27-20-7-6-19(22-23-20)24-9-11-25(12-10-24)21(26)8-4-16-3-5-17-18(14-16)29-15-28-17;/h3-8,14H,2,9-13,15H2,1H3;1H/b8-4+;. The van der Waals surface area contributed by atoms with Gasteiger partial charge in [0.2, 0.25) is 18.6 Å². The van der Waals surface area contributed by atoms with Gasteiger partial charge < -0.3 is 24.0 Å². The number of piperazine rings is 1. The monoisotopic (exact) mass is 432 g/mol. The summed E-state index contributed by atoms with van der Waals surface area (Å²) in [6.07, 6.45) is 4.34. The summed E-state index contributed by atoms with van der Waals surface area (Å²) in [5.41, 5.74) is 0.905. The zero-order valence-corrected chi connectivity index (χ0v) is 17.6. The summed E-state index contributed by atoms with van der Waals surface area (Å²) in [6.45, 7) is 5.63. The molecular formula is C21H25ClN4O4. The lowest BCUT2D eigenvalue weighted by Crippen LogP contribution is -2.48. The molecule has 1 aromatic heterocycles. The molecule has 30 heavy (non-hydrogen) atoms. The summed E-state index contributed by atoms with van der Waals surface area (Å²) in [6, 6.07) is 9.38. The number of halogens is 1. The fourth-order valence-corrected chi connectivity index (χ4v) is 3.21. The van der Waals surface area contributed by atoms with Crippen molar-refractivity contribution in [2.24, 2.45) is 0 Å². The van der Waals surface area contributed by atoms with Crippen LogP contribution in [0.1, 0.15) is 18.9 Å². The zero-order valence-electron chi connectivity index (χ0n) is 16.8. The molecule has 0 N–H and O–H groups in total. The first kappa shape index (κ1) is 21.7. The van der Waals surface area contributed by atoms with Crippen LogP contribution in [-0.2, 0) is 4.79 Å². The van der Waals surface area contributed by atoms with Crippen LogP contribution in [0.5, 0.6) is 17.4 Å². The van der Waals surface area contributed by atoms with Gasteiger partial charge in [0.25, 0.3) is 0 Å². The first-order valence-corrected chi connectivity index (χ1v) is 9.81. The molecule has 0 radical (unpaired) electrons. The lowest BCUT2D eigenvalue weighted by Gasteiger charge is -2.34. The topological polar surface area (TPSA) is 77.0 Å². The highest BCUT2D eigenvalue weighted by molar-refractivity contribution is 5.92. The van der Waals surface area contributed by atoms with Crippen molar-refractivity contribution in [2.45, 2.75) is 13.3 Å². The summed E-state index contributed by atoms with van der Waals surface area (Å²) in [5, 5.41) is 8.35. The SMILES string of the molecule is CCCOc1ccc(N2CCN(C(=O)/C=C/c3ccc4c(c3)OCO4)CC2)nn1.Cl. The maximum absolute atomic E-state index is 12.5. The summed E-state index contributed by atoms with van der Waals surface area (Å²) in [5.74, 6) is 2.78. The molecule has 2 aromatic rings. The Bertz CT molecular complexity index is 883. The van der Waals surface area contributed by atoms with Crippen molar-refractivity contribution >= 4 is 30.2 Å². The maximum Gasteiger partial charge on any atom is 0.246 e. The molecular weight excluding hydrogens is 408 g/mol. The Balaban J connectivity index is 0.00000256. The number of rotatable bonds is 6. The van der Waals surface area contributed by atoms with Crippen LogP contribution in [0.4, 0.5) is 5.82 Å². The second-order valence-electron chi connectivity index (χ2n) is 6.84. The molecule has 2 aliphatic rings. The van der Waals surface area contributed by atoms with Gasteiger partial charge in [0.1, 0.15) is 0 Å². The Morgan fingerprint density at radius 1 is 1.10 bits per heavy atom. The Hall–Kier alpha value is -3.00. The molecule has 160 valence electrons. The van der Waals surface area contributed by atoms with E-state index in [0.29, 0.717) is 44.4 Å². The van der Waals surface area contributed by atoms with Crippen LogP contribution in [0.25, 0.3) is 6.08 Å². The van der Waals surface area contributed by atoms with Crippen molar-refractivity contribution in [1.82, 2.24) is 15.1 Å². The highest BCUT2D eigenvalue weighted by atomic mass is 35.5. The Morgan fingerprint density at radius 2 is 1.90 bits per heavy atom. The smallest absolute Gasteiger partial charge is 0.246 e. The summed E-state index contributed by atoms with van der Waals surface area (Å²) in [7, 11) is 0. The molecule has 0 atom stereocenters. The van der Waals surface area contributed by atoms with E-state index >= 15 is 0 Å². The first-order chi connectivity index (χ1) is 14.2. The third kappa shape index (κ3) is 5.13. The van der Waals surface area contributed by atoms with Crippen molar-refractivity contribution in [1.29, 1.82) is 0 Å². The average molecular weight is 433 g/mol. The van der Waals surface area contributed by atoms with Gasteiger partial charge in [-0.1, -0.05) is 13.0 Å². The molecule has 4 rings (SSSR count). The van der Waals surface area contributed by atoms with Crippen LogP contribution in [0.3, 0.4) is 0 Å². The number of hydrogen-bond donors (Lipinski definition) is 0. The molecule has 0 spiro atoms. The molecule has 0 saturated carbocycles. The number of benzene rings is 1. The van der Waals surface area contributed by atoms with Crippen LogP contribution < -0.4 is 19.1 Å². The maximum atomic E-state index is 12.5. The number of aromatic nitrogens is 2. The zero-order chi connectivity index (χ0) is 20.1. The minimum absolute atomic E-state index is 0. The summed E-state index contributed by atoms with van der Waals surface area (Å²) >= 11 is 0. The average Bonchev–Trinajstić information content (AvgIpc) is 3.24. The van der Waals surface area contributed by atoms with E-state index in [1.807, 2.05) is 42.2 Å². The second kappa shape index (κ2) is 10.2. The molecule has 1 saturated heterocycles. The van der Waals surface area contributed by atoms with Crippen molar-refractivity contribution in [2.75, 3.05) is 44.5 Å². The van der Waals surface area contributed by atoms with Gasteiger partial charge in [0.05, 0.1) is 6.61 Å². The van der Waals surface area contributed by atoms with Crippen molar-refractivity contribution < 1.29 is 19.0 Å². The Labute approximate surface area is 181 Å². The van der Waals surface area contributed by atoms with E-state index in [1.165, 1.54) is 0 Å². The number of carbonyl (C=O) groups is 1. The van der Waals surface area contributed by atoms with Gasteiger partial charge in [-0.3, -0.25) is 4.79 Å². The van der Waals surface area contributed by atoms with Crippen LogP contribution in [-0.4, -0.2) is 60.6 Å². The molecule has 1 fully saturated rings. The molecule has 1 amide bonds. The number of carbonyl (C=O) groups excluding carboxylic acids is 1. The first-order valence-electron chi connectivity index (χ1n) is 9.81. The van der Waals surface area contributed by atoms with E-state index in [-0.39, 0.29) is 25.1 Å². The third-order valence-electron chi connectivity index (χ3n) is 4.81. The second-order valence-corrected chi connectivity index (χ2v) is 6.84. The van der Waals surface area contributed by atoms with Gasteiger partial charge in [-0.15, -0.1) is 22.6 Å². The number of ether oxygens (including phenoxy) is 3. The fourth-order valence-electron chi connectivity index (χ4n) is 3.21. The highest BCUT2D eigenvalue weighted by Crippen LogP contribution is 2.32. The number of amides is 1. The summed E-state index contributed by atoms with van der Waals surface area (Å²) in [4.78, 5) is 16.5. The molecule has 0 bridgehead atoms. The molecule has 0 aliphatic carbocycles. The largest absolute Gasteiger partial charge is 0.477 e. The molecule has 9 heteroatoms. The minimum Gasteiger partial charge on any atom is -0.477 e. The van der Waals surface area contributed by atoms with E-state index < -0.39 is 0 Å². The molecule has 8 nitrogen and oxygen atoms in total. The van der Waals surface area contributed by atoms with E-state index in [2.05, 4.69) is 15.1 Å². The number of nitrogens with zero attached hydrogens (tertiary/aromatic N) is 4. The molecule has 1 aromatic carbocycles. The number of hydrogen-bond acceptors (Lipinski definition) is 7. The quantitative estimate of drug-likeness (QED) is 0.649. The lowest BCUT2D eigenvalue weighted by atomic mass is 10.2.